The molecule has 0 spiro atoms. The molecule has 1 amide bonds. The van der Waals surface area contributed by atoms with E-state index in [9.17, 15) is 15.2 Å². The fourth-order valence-corrected chi connectivity index (χ4v) is 2.99. The summed E-state index contributed by atoms with van der Waals surface area (Å²) in [6.45, 7) is 5.17. The summed E-state index contributed by atoms with van der Waals surface area (Å²) in [5, 5.41) is 21.3. The zero-order valence-corrected chi connectivity index (χ0v) is 15.1. The highest BCUT2D eigenvalue weighted by molar-refractivity contribution is 6.09. The molecule has 1 aliphatic heterocycles. The van der Waals surface area contributed by atoms with Crippen LogP contribution < -0.4 is 10.2 Å². The van der Waals surface area contributed by atoms with Gasteiger partial charge in [-0.15, -0.1) is 0 Å². The first-order valence-corrected chi connectivity index (χ1v) is 8.72. The molecule has 2 N–H and O–H groups in total. The molecule has 0 aromatic heterocycles. The molecule has 0 saturated carbocycles. The Morgan fingerprint density at radius 3 is 2.56 bits per heavy atom. The lowest BCUT2D eigenvalue weighted by atomic mass is 10.1. The van der Waals surface area contributed by atoms with Gasteiger partial charge in [-0.25, -0.2) is 0 Å². The topological polar surface area (TPSA) is 85.6 Å². The second kappa shape index (κ2) is 8.39. The average molecular weight is 363 g/mol. The first kappa shape index (κ1) is 18.5. The third kappa shape index (κ3) is 4.66. The van der Waals surface area contributed by atoms with Crippen molar-refractivity contribution in [3.8, 4) is 11.8 Å². The molecule has 0 aliphatic carbocycles. The molecule has 2 aromatic carbocycles. The van der Waals surface area contributed by atoms with E-state index in [1.165, 1.54) is 12.1 Å². The third-order valence-electron chi connectivity index (χ3n) is 4.37. The van der Waals surface area contributed by atoms with Crippen LogP contribution in [0.15, 0.2) is 48.0 Å². The summed E-state index contributed by atoms with van der Waals surface area (Å²) in [5.74, 6) is -0.377. The van der Waals surface area contributed by atoms with Gasteiger partial charge in [0.2, 0.25) is 0 Å². The van der Waals surface area contributed by atoms with E-state index in [4.69, 9.17) is 4.74 Å². The van der Waals surface area contributed by atoms with Crippen LogP contribution in [-0.2, 0) is 9.53 Å². The maximum absolute atomic E-state index is 12.3. The third-order valence-corrected chi connectivity index (χ3v) is 4.37. The number of carbonyl (C=O) groups is 1. The Morgan fingerprint density at radius 2 is 1.93 bits per heavy atom. The van der Waals surface area contributed by atoms with E-state index in [1.54, 1.807) is 18.2 Å². The molecule has 1 fully saturated rings. The van der Waals surface area contributed by atoms with Crippen molar-refractivity contribution in [3.63, 3.8) is 0 Å². The number of aryl methyl sites for hydroxylation is 1. The van der Waals surface area contributed by atoms with E-state index in [2.05, 4.69) is 10.2 Å². The van der Waals surface area contributed by atoms with Crippen LogP contribution in [0, 0.1) is 18.3 Å². The number of rotatable bonds is 4. The lowest BCUT2D eigenvalue weighted by molar-refractivity contribution is -0.112. The Morgan fingerprint density at radius 1 is 1.22 bits per heavy atom. The summed E-state index contributed by atoms with van der Waals surface area (Å²) < 4.78 is 5.39. The second-order valence-corrected chi connectivity index (χ2v) is 6.32. The molecule has 6 nitrogen and oxygen atoms in total. The van der Waals surface area contributed by atoms with Gasteiger partial charge in [-0.3, -0.25) is 4.79 Å². The van der Waals surface area contributed by atoms with Crippen molar-refractivity contribution in [2.45, 2.75) is 6.92 Å². The van der Waals surface area contributed by atoms with Crippen molar-refractivity contribution >= 4 is 23.4 Å². The van der Waals surface area contributed by atoms with Crippen LogP contribution in [-0.4, -0.2) is 37.3 Å². The normalized spacial score (nSPS) is 14.5. The largest absolute Gasteiger partial charge is 0.508 e. The fraction of sp³-hybridized carbons (Fsp3) is 0.238. The highest BCUT2D eigenvalue weighted by Crippen LogP contribution is 2.23. The quantitative estimate of drug-likeness (QED) is 0.495. The minimum atomic E-state index is -0.488. The molecule has 138 valence electrons. The van der Waals surface area contributed by atoms with Gasteiger partial charge in [-0.05, 0) is 60.5 Å². The van der Waals surface area contributed by atoms with Gasteiger partial charge in [-0.1, -0.05) is 6.07 Å². The number of nitrogens with one attached hydrogen (secondary N) is 1. The van der Waals surface area contributed by atoms with Crippen LogP contribution in [0.2, 0.25) is 0 Å². The minimum Gasteiger partial charge on any atom is -0.508 e. The first-order valence-electron chi connectivity index (χ1n) is 8.72. The predicted molar refractivity (Wildman–Crippen MR) is 105 cm³/mol. The maximum atomic E-state index is 12.3. The van der Waals surface area contributed by atoms with Crippen LogP contribution in [0.4, 0.5) is 11.4 Å². The molecular weight excluding hydrogens is 342 g/mol. The molecule has 6 heteroatoms. The van der Waals surface area contributed by atoms with Crippen molar-refractivity contribution in [1.29, 1.82) is 5.26 Å². The molecule has 3 rings (SSSR count). The van der Waals surface area contributed by atoms with E-state index < -0.39 is 5.91 Å². The van der Waals surface area contributed by atoms with Crippen molar-refractivity contribution in [2.75, 3.05) is 36.5 Å². The van der Waals surface area contributed by atoms with Gasteiger partial charge in [0, 0.05) is 24.5 Å². The zero-order valence-electron chi connectivity index (χ0n) is 15.1. The Hall–Kier alpha value is -3.30. The van der Waals surface area contributed by atoms with Gasteiger partial charge < -0.3 is 20.1 Å². The fourth-order valence-electron chi connectivity index (χ4n) is 2.99. The van der Waals surface area contributed by atoms with E-state index in [-0.39, 0.29) is 11.3 Å². The summed E-state index contributed by atoms with van der Waals surface area (Å²) >= 11 is 0. The summed E-state index contributed by atoms with van der Waals surface area (Å²) in [6, 6.07) is 13.9. The smallest absolute Gasteiger partial charge is 0.266 e. The summed E-state index contributed by atoms with van der Waals surface area (Å²) in [6.07, 6.45) is 1.58. The number of benzene rings is 2. The number of hydrogen-bond donors (Lipinski definition) is 2. The van der Waals surface area contributed by atoms with Gasteiger partial charge >= 0.3 is 0 Å². The van der Waals surface area contributed by atoms with E-state index >= 15 is 0 Å². The number of ether oxygens (including phenoxy) is 1. The number of amides is 1. The lowest BCUT2D eigenvalue weighted by Crippen LogP contribution is -2.36. The summed E-state index contributed by atoms with van der Waals surface area (Å²) in [7, 11) is 0. The molecular formula is C21H21N3O3. The number of phenols is 1. The first-order chi connectivity index (χ1) is 13.1. The van der Waals surface area contributed by atoms with Crippen LogP contribution in [0.25, 0.3) is 6.08 Å². The molecule has 0 unspecified atom stereocenters. The predicted octanol–water partition coefficient (Wildman–Crippen LogP) is 3.08. The Balaban J connectivity index is 1.76. The molecule has 1 aliphatic rings. The zero-order chi connectivity index (χ0) is 19.2. The highest BCUT2D eigenvalue weighted by atomic mass is 16.5. The molecule has 1 saturated heterocycles. The molecule has 27 heavy (non-hydrogen) atoms. The minimum absolute atomic E-state index is 0.0154. The number of carbonyl (C=O) groups excluding carboxylic acids is 1. The van der Waals surface area contributed by atoms with Crippen molar-refractivity contribution < 1.29 is 14.6 Å². The number of aromatic hydroxyl groups is 1. The van der Waals surface area contributed by atoms with Crippen LogP contribution >= 0.6 is 0 Å². The average Bonchev–Trinajstić information content (AvgIpc) is 2.68. The molecule has 0 bridgehead atoms. The Bertz CT molecular complexity index is 892. The highest BCUT2D eigenvalue weighted by Gasteiger charge is 2.14. The van der Waals surface area contributed by atoms with Gasteiger partial charge in [0.05, 0.1) is 13.2 Å². The van der Waals surface area contributed by atoms with Gasteiger partial charge in [0.15, 0.2) is 0 Å². The van der Waals surface area contributed by atoms with E-state index in [0.29, 0.717) is 5.69 Å². The Kier molecular flexibility index (Phi) is 5.74. The molecule has 0 atom stereocenters. The van der Waals surface area contributed by atoms with Crippen LogP contribution in [0.1, 0.15) is 11.1 Å². The van der Waals surface area contributed by atoms with Gasteiger partial charge in [0.25, 0.3) is 5.91 Å². The second-order valence-electron chi connectivity index (χ2n) is 6.32. The maximum Gasteiger partial charge on any atom is 0.266 e. The molecule has 0 radical (unpaired) electrons. The van der Waals surface area contributed by atoms with Crippen molar-refractivity contribution in [3.05, 3.63) is 59.2 Å². The van der Waals surface area contributed by atoms with E-state index in [0.717, 1.165) is 43.1 Å². The SMILES string of the molecule is Cc1cc(C=C(C#N)C(=O)Nc2ccc(O)cc2)ccc1N1CCOCC1. The Labute approximate surface area is 158 Å². The van der Waals surface area contributed by atoms with Crippen LogP contribution in [0.3, 0.4) is 0 Å². The monoisotopic (exact) mass is 363 g/mol. The van der Waals surface area contributed by atoms with Gasteiger partial charge in [-0.2, -0.15) is 5.26 Å². The van der Waals surface area contributed by atoms with Crippen molar-refractivity contribution in [2.24, 2.45) is 0 Å². The van der Waals surface area contributed by atoms with Crippen LogP contribution in [0.5, 0.6) is 5.75 Å². The number of hydrogen-bond acceptors (Lipinski definition) is 5. The van der Waals surface area contributed by atoms with Crippen molar-refractivity contribution in [1.82, 2.24) is 0 Å². The standard InChI is InChI=1S/C21H21N3O3/c1-15-12-16(2-7-20(15)24-8-10-27-11-9-24)13-17(14-22)21(26)23-18-3-5-19(25)6-4-18/h2-7,12-13,25H,8-11H2,1H3,(H,23,26). The summed E-state index contributed by atoms with van der Waals surface area (Å²) in [4.78, 5) is 14.6. The van der Waals surface area contributed by atoms with Gasteiger partial charge in [0.1, 0.15) is 17.4 Å². The molecule has 1 heterocycles. The number of morpholine rings is 1. The summed E-state index contributed by atoms with van der Waals surface area (Å²) in [5.41, 5.74) is 3.55. The molecule has 2 aromatic rings. The van der Waals surface area contributed by atoms with E-state index in [1.807, 2.05) is 31.2 Å². The number of nitriles is 1. The number of phenolic OH excluding ortho intramolecular Hbond substituents is 1. The lowest BCUT2D eigenvalue weighted by Gasteiger charge is -2.30. The number of nitrogens with zero attached hydrogens (tertiary/aromatic N) is 2. The number of anilines is 2.